The van der Waals surface area contributed by atoms with Crippen molar-refractivity contribution in [1.29, 1.82) is 0 Å². The number of aliphatic imine (C=N–C) groups is 2. The molecule has 0 aliphatic heterocycles. The summed E-state index contributed by atoms with van der Waals surface area (Å²) in [6.07, 6.45) is 3.54. The minimum absolute atomic E-state index is 0.806. The smallest absolute Gasteiger partial charge is 0.0820 e. The summed E-state index contributed by atoms with van der Waals surface area (Å²) in [5.41, 5.74) is 3.44. The molecule has 3 aromatic rings. The highest BCUT2D eigenvalue weighted by Crippen LogP contribution is 2.15. The van der Waals surface area contributed by atoms with E-state index in [4.69, 9.17) is 0 Å². The Kier molecular flexibility index (Phi) is 6.08. The van der Waals surface area contributed by atoms with Crippen LogP contribution in [-0.4, -0.2) is 17.4 Å². The number of rotatable bonds is 4. The first-order valence-corrected chi connectivity index (χ1v) is 9.41. The van der Waals surface area contributed by atoms with E-state index in [-0.39, 0.29) is 0 Å². The van der Waals surface area contributed by atoms with Crippen LogP contribution in [-0.2, 0) is 0 Å². The van der Waals surface area contributed by atoms with Crippen molar-refractivity contribution < 1.29 is 0 Å². The first kappa shape index (κ1) is 17.2. The predicted octanol–water partition coefficient (Wildman–Crippen LogP) is 5.79. The highest BCUT2D eigenvalue weighted by molar-refractivity contribution is 14.1. The topological polar surface area (TPSA) is 37.6 Å². The molecule has 0 unspecified atom stereocenters. The molecule has 1 heterocycles. The Bertz CT molecular complexity index is 799. The van der Waals surface area contributed by atoms with Crippen LogP contribution in [0.5, 0.6) is 0 Å². The van der Waals surface area contributed by atoms with Crippen molar-refractivity contribution in [1.82, 2.24) is 4.98 Å². The zero-order valence-corrected chi connectivity index (χ0v) is 16.9. The molecule has 0 fully saturated rings. The molecular formula is C19H13I2N3. The molecule has 1 aromatic heterocycles. The van der Waals surface area contributed by atoms with Crippen LogP contribution in [0, 0.1) is 7.14 Å². The number of pyridine rings is 1. The number of halogens is 2. The highest BCUT2D eigenvalue weighted by atomic mass is 127. The van der Waals surface area contributed by atoms with E-state index in [1.807, 2.05) is 66.7 Å². The molecule has 0 atom stereocenters. The van der Waals surface area contributed by atoms with Gasteiger partial charge >= 0.3 is 0 Å². The normalized spacial score (nSPS) is 11.4. The van der Waals surface area contributed by atoms with Crippen LogP contribution in [0.15, 0.2) is 76.7 Å². The minimum Gasteiger partial charge on any atom is -0.255 e. The largest absolute Gasteiger partial charge is 0.255 e. The van der Waals surface area contributed by atoms with E-state index in [0.717, 1.165) is 22.8 Å². The molecular weight excluding hydrogens is 524 g/mol. The molecule has 0 aliphatic carbocycles. The van der Waals surface area contributed by atoms with Gasteiger partial charge in [0.25, 0.3) is 0 Å². The van der Waals surface area contributed by atoms with E-state index in [1.165, 1.54) is 7.14 Å². The summed E-state index contributed by atoms with van der Waals surface area (Å²) in [7, 11) is 0. The lowest BCUT2D eigenvalue weighted by Gasteiger charge is -1.97. The van der Waals surface area contributed by atoms with Crippen LogP contribution < -0.4 is 0 Å². The molecule has 3 rings (SSSR count). The van der Waals surface area contributed by atoms with Crippen LogP contribution in [0.1, 0.15) is 11.4 Å². The molecule has 0 saturated heterocycles. The molecule has 24 heavy (non-hydrogen) atoms. The summed E-state index contributed by atoms with van der Waals surface area (Å²) in [5.74, 6) is 0. The van der Waals surface area contributed by atoms with E-state index in [9.17, 15) is 0 Å². The van der Waals surface area contributed by atoms with Gasteiger partial charge in [-0.2, -0.15) is 0 Å². The monoisotopic (exact) mass is 537 g/mol. The van der Waals surface area contributed by atoms with Gasteiger partial charge in [-0.15, -0.1) is 0 Å². The van der Waals surface area contributed by atoms with Gasteiger partial charge in [0.2, 0.25) is 0 Å². The Balaban J connectivity index is 1.74. The summed E-state index contributed by atoms with van der Waals surface area (Å²) >= 11 is 4.55. The molecule has 0 aliphatic rings. The van der Waals surface area contributed by atoms with Gasteiger partial charge in [0.15, 0.2) is 0 Å². The molecule has 118 valence electrons. The van der Waals surface area contributed by atoms with Crippen LogP contribution >= 0.6 is 45.2 Å². The lowest BCUT2D eigenvalue weighted by atomic mass is 10.3. The van der Waals surface area contributed by atoms with E-state index in [0.29, 0.717) is 0 Å². The Labute approximate surface area is 168 Å². The molecule has 0 spiro atoms. The van der Waals surface area contributed by atoms with Crippen LogP contribution in [0.3, 0.4) is 0 Å². The van der Waals surface area contributed by atoms with Gasteiger partial charge in [-0.05, 0) is 106 Å². The number of hydrogen-bond acceptors (Lipinski definition) is 3. The lowest BCUT2D eigenvalue weighted by Crippen LogP contribution is -1.92. The van der Waals surface area contributed by atoms with Gasteiger partial charge in [0, 0.05) is 7.14 Å². The number of hydrogen-bond donors (Lipinski definition) is 0. The fourth-order valence-electron chi connectivity index (χ4n) is 1.95. The Hall–Kier alpha value is -1.61. The van der Waals surface area contributed by atoms with Gasteiger partial charge < -0.3 is 0 Å². The molecule has 0 radical (unpaired) electrons. The highest BCUT2D eigenvalue weighted by Gasteiger charge is 1.95. The number of aromatic nitrogens is 1. The SMILES string of the molecule is Ic1ccc(N=Cc2cccc(C=Nc3ccc(I)cc3)n2)cc1. The summed E-state index contributed by atoms with van der Waals surface area (Å²) in [5, 5.41) is 0. The summed E-state index contributed by atoms with van der Waals surface area (Å²) in [6.45, 7) is 0. The average molecular weight is 537 g/mol. The molecule has 2 aromatic carbocycles. The second-order valence-corrected chi connectivity index (χ2v) is 7.45. The number of benzene rings is 2. The zero-order chi connectivity index (χ0) is 16.8. The van der Waals surface area contributed by atoms with Crippen molar-refractivity contribution >= 4 is 69.0 Å². The van der Waals surface area contributed by atoms with Gasteiger partial charge in [-0.25, -0.2) is 4.98 Å². The third-order valence-electron chi connectivity index (χ3n) is 3.14. The minimum atomic E-state index is 0.806. The van der Waals surface area contributed by atoms with Gasteiger partial charge in [0.05, 0.1) is 35.2 Å². The maximum atomic E-state index is 4.54. The molecule has 0 bridgehead atoms. The first-order chi connectivity index (χ1) is 11.7. The van der Waals surface area contributed by atoms with Crippen molar-refractivity contribution in [3.05, 3.63) is 85.3 Å². The van der Waals surface area contributed by atoms with Crippen LogP contribution in [0.25, 0.3) is 0 Å². The maximum absolute atomic E-state index is 4.54. The molecule has 5 heteroatoms. The van der Waals surface area contributed by atoms with E-state index >= 15 is 0 Å². The van der Waals surface area contributed by atoms with E-state index < -0.39 is 0 Å². The van der Waals surface area contributed by atoms with E-state index in [1.54, 1.807) is 12.4 Å². The molecule has 0 amide bonds. The third-order valence-corrected chi connectivity index (χ3v) is 4.58. The zero-order valence-electron chi connectivity index (χ0n) is 12.6. The van der Waals surface area contributed by atoms with Crippen molar-refractivity contribution in [2.75, 3.05) is 0 Å². The molecule has 0 N–H and O–H groups in total. The standard InChI is InChI=1S/C19H13I2N3/c20-14-4-8-16(9-5-14)22-12-18-2-1-3-19(24-18)13-23-17-10-6-15(21)7-11-17/h1-13H. The van der Waals surface area contributed by atoms with Gasteiger partial charge in [-0.3, -0.25) is 9.98 Å². The summed E-state index contributed by atoms with van der Waals surface area (Å²) in [6, 6.07) is 21.9. The Morgan fingerprint density at radius 2 is 1.04 bits per heavy atom. The predicted molar refractivity (Wildman–Crippen MR) is 117 cm³/mol. The van der Waals surface area contributed by atoms with Crippen LogP contribution in [0.4, 0.5) is 11.4 Å². The number of nitrogens with zero attached hydrogens (tertiary/aromatic N) is 3. The average Bonchev–Trinajstić information content (AvgIpc) is 2.61. The van der Waals surface area contributed by atoms with Crippen LogP contribution in [0.2, 0.25) is 0 Å². The fourth-order valence-corrected chi connectivity index (χ4v) is 2.67. The quantitative estimate of drug-likeness (QED) is 0.307. The lowest BCUT2D eigenvalue weighted by molar-refractivity contribution is 1.27. The molecule has 3 nitrogen and oxygen atoms in total. The fraction of sp³-hybridized carbons (Fsp3) is 0. The maximum Gasteiger partial charge on any atom is 0.0820 e. The molecule has 0 saturated carbocycles. The second kappa shape index (κ2) is 8.48. The van der Waals surface area contributed by atoms with Gasteiger partial charge in [-0.1, -0.05) is 6.07 Å². The van der Waals surface area contributed by atoms with E-state index in [2.05, 4.69) is 60.2 Å². The summed E-state index contributed by atoms with van der Waals surface area (Å²) in [4.78, 5) is 13.4. The van der Waals surface area contributed by atoms with Gasteiger partial charge in [0.1, 0.15) is 0 Å². The third kappa shape index (κ3) is 5.20. The Morgan fingerprint density at radius 3 is 1.46 bits per heavy atom. The van der Waals surface area contributed by atoms with Crippen molar-refractivity contribution in [3.8, 4) is 0 Å². The van der Waals surface area contributed by atoms with Crippen molar-refractivity contribution in [2.24, 2.45) is 9.98 Å². The summed E-state index contributed by atoms with van der Waals surface area (Å²) < 4.78 is 2.39. The van der Waals surface area contributed by atoms with Crippen molar-refractivity contribution in [3.63, 3.8) is 0 Å². The Morgan fingerprint density at radius 1 is 0.625 bits per heavy atom. The van der Waals surface area contributed by atoms with Crippen molar-refractivity contribution in [2.45, 2.75) is 0 Å². The first-order valence-electron chi connectivity index (χ1n) is 7.25. The second-order valence-electron chi connectivity index (χ2n) is 4.96.